The predicted octanol–water partition coefficient (Wildman–Crippen LogP) is 1.24. The third kappa shape index (κ3) is 1.38. The number of phenols is 1. The first-order chi connectivity index (χ1) is 9.22. The molecule has 4 rings (SSSR count). The van der Waals surface area contributed by atoms with Crippen LogP contribution in [0.1, 0.15) is 0 Å². The van der Waals surface area contributed by atoms with Crippen LogP contribution in [0.2, 0.25) is 0 Å². The highest BCUT2D eigenvalue weighted by Gasteiger charge is 2.11. The molecule has 2 aromatic carbocycles. The van der Waals surface area contributed by atoms with Gasteiger partial charge in [-0.1, -0.05) is 18.2 Å². The van der Waals surface area contributed by atoms with E-state index in [1.165, 1.54) is 6.08 Å². The molecule has 1 aliphatic carbocycles. The monoisotopic (exact) mass is 247 g/mol. The van der Waals surface area contributed by atoms with E-state index in [2.05, 4.69) is 4.98 Å². The van der Waals surface area contributed by atoms with E-state index in [1.54, 1.807) is 12.1 Å². The maximum absolute atomic E-state index is 11.5. The molecular weight excluding hydrogens is 238 g/mol. The summed E-state index contributed by atoms with van der Waals surface area (Å²) in [6, 6.07) is 11.3. The van der Waals surface area contributed by atoms with Gasteiger partial charge in [0.05, 0.1) is 11.0 Å². The quantitative estimate of drug-likeness (QED) is 0.608. The summed E-state index contributed by atoms with van der Waals surface area (Å²) in [6.07, 6.45) is 3.09. The molecule has 0 amide bonds. The minimum absolute atomic E-state index is 0.0585. The average molecular weight is 247 g/mol. The van der Waals surface area contributed by atoms with Crippen LogP contribution in [0, 0.1) is 0 Å². The molecule has 1 aromatic heterocycles. The van der Waals surface area contributed by atoms with Crippen LogP contribution in [0.4, 0.5) is 0 Å². The van der Waals surface area contributed by atoms with Crippen molar-refractivity contribution < 1.29 is 9.90 Å². The zero-order valence-electron chi connectivity index (χ0n) is 9.92. The molecule has 0 spiro atoms. The Balaban J connectivity index is 2.32. The third-order valence-electron chi connectivity index (χ3n) is 3.44. The van der Waals surface area contributed by atoms with E-state index < -0.39 is 0 Å². The number of hydrogen-bond donors (Lipinski definition) is 1. The molecule has 0 fully saturated rings. The maximum Gasteiger partial charge on any atom is 0.179 e. The Hall–Kier alpha value is -2.68. The summed E-state index contributed by atoms with van der Waals surface area (Å²) in [7, 11) is 0. The van der Waals surface area contributed by atoms with E-state index in [-0.39, 0.29) is 11.5 Å². The van der Waals surface area contributed by atoms with Crippen LogP contribution < -0.4 is 10.4 Å². The van der Waals surface area contributed by atoms with Gasteiger partial charge < -0.3 is 5.11 Å². The second-order valence-electron chi connectivity index (χ2n) is 4.67. The van der Waals surface area contributed by atoms with Crippen molar-refractivity contribution in [1.29, 1.82) is 0 Å². The molecule has 3 heteroatoms. The van der Waals surface area contributed by atoms with Gasteiger partial charge >= 0.3 is 0 Å². The maximum atomic E-state index is 11.5. The Morgan fingerprint density at radius 1 is 1.05 bits per heavy atom. The van der Waals surface area contributed by atoms with Gasteiger partial charge in [-0.15, -0.1) is 0 Å². The molecule has 3 nitrogen and oxygen atoms in total. The van der Waals surface area contributed by atoms with E-state index in [1.807, 2.05) is 30.3 Å². The van der Waals surface area contributed by atoms with Crippen LogP contribution in [-0.4, -0.2) is 15.9 Å². The average Bonchev–Trinajstić information content (AvgIpc) is 2.78. The summed E-state index contributed by atoms with van der Waals surface area (Å²) in [5.74, 6) is 0.100. The van der Waals surface area contributed by atoms with Gasteiger partial charge in [0.15, 0.2) is 5.78 Å². The molecule has 0 saturated carbocycles. The van der Waals surface area contributed by atoms with E-state index in [0.717, 1.165) is 21.3 Å². The van der Waals surface area contributed by atoms with Crippen LogP contribution in [0.25, 0.3) is 34.0 Å². The Labute approximate surface area is 108 Å². The fourth-order valence-electron chi connectivity index (χ4n) is 2.56. The normalized spacial score (nSPS) is 13.4. The van der Waals surface area contributed by atoms with Crippen LogP contribution >= 0.6 is 0 Å². The second kappa shape index (κ2) is 3.42. The second-order valence-corrected chi connectivity index (χ2v) is 4.67. The number of fused-ring (bicyclic) bond motifs is 4. The van der Waals surface area contributed by atoms with Crippen molar-refractivity contribution >= 4 is 39.7 Å². The lowest BCUT2D eigenvalue weighted by molar-refractivity contribution is -0.107. The van der Waals surface area contributed by atoms with Crippen molar-refractivity contribution in [2.45, 2.75) is 0 Å². The number of pyridine rings is 1. The number of nitrogens with zero attached hydrogens (tertiary/aromatic N) is 1. The highest BCUT2D eigenvalue weighted by Crippen LogP contribution is 2.23. The summed E-state index contributed by atoms with van der Waals surface area (Å²) in [5.41, 5.74) is 1.53. The highest BCUT2D eigenvalue weighted by molar-refractivity contribution is 6.27. The molecule has 0 saturated heterocycles. The Morgan fingerprint density at radius 3 is 2.79 bits per heavy atom. The predicted molar refractivity (Wildman–Crippen MR) is 74.1 cm³/mol. The number of hydrogen-bond acceptors (Lipinski definition) is 3. The lowest BCUT2D eigenvalue weighted by Crippen LogP contribution is -2.22. The van der Waals surface area contributed by atoms with Gasteiger partial charge in [-0.3, -0.25) is 4.79 Å². The van der Waals surface area contributed by atoms with Gasteiger partial charge in [-0.2, -0.15) is 0 Å². The molecule has 3 aromatic rings. The number of ketones is 1. The number of aromatic hydroxyl groups is 1. The molecule has 1 heterocycles. The Bertz CT molecular complexity index is 987. The van der Waals surface area contributed by atoms with Crippen LogP contribution in [0.3, 0.4) is 0 Å². The summed E-state index contributed by atoms with van der Waals surface area (Å²) in [5, 5.41) is 13.3. The summed E-state index contributed by atoms with van der Waals surface area (Å²) in [4.78, 5) is 16.1. The highest BCUT2D eigenvalue weighted by atomic mass is 16.3. The minimum atomic E-state index is -0.0585. The van der Waals surface area contributed by atoms with E-state index in [0.29, 0.717) is 10.9 Å². The first-order valence-electron chi connectivity index (χ1n) is 6.01. The van der Waals surface area contributed by atoms with E-state index >= 15 is 0 Å². The fraction of sp³-hybridized carbons (Fsp3) is 0. The van der Waals surface area contributed by atoms with Gasteiger partial charge in [0, 0.05) is 16.0 Å². The molecule has 0 bridgehead atoms. The summed E-state index contributed by atoms with van der Waals surface area (Å²) < 4.78 is 0. The fourth-order valence-corrected chi connectivity index (χ4v) is 2.56. The number of carbonyl (C=O) groups excluding carboxylic acids is 1. The molecular formula is C16H9NO2. The van der Waals surface area contributed by atoms with Crippen LogP contribution in [0.5, 0.6) is 5.75 Å². The third-order valence-corrected chi connectivity index (χ3v) is 3.44. The molecule has 90 valence electrons. The van der Waals surface area contributed by atoms with Crippen molar-refractivity contribution in [3.63, 3.8) is 0 Å². The summed E-state index contributed by atoms with van der Waals surface area (Å²) in [6.45, 7) is 0. The number of carbonyl (C=O) groups is 1. The largest absolute Gasteiger partial charge is 0.507 e. The van der Waals surface area contributed by atoms with Crippen molar-refractivity contribution in [3.8, 4) is 5.75 Å². The standard InChI is InChI=1S/C16H9NO2/c18-11-5-10-7-15(19)13-6-9-3-1-2-4-14(9)17-16(13)12(10)8-11/h1-8,19H. The van der Waals surface area contributed by atoms with Gasteiger partial charge in [-0.05, 0) is 35.6 Å². The number of para-hydroxylation sites is 1. The van der Waals surface area contributed by atoms with Crippen LogP contribution in [-0.2, 0) is 4.79 Å². The molecule has 0 radical (unpaired) electrons. The Kier molecular flexibility index (Phi) is 1.85. The molecule has 1 N–H and O–H groups in total. The molecule has 0 atom stereocenters. The van der Waals surface area contributed by atoms with Crippen molar-refractivity contribution in [2.75, 3.05) is 0 Å². The summed E-state index contributed by atoms with van der Waals surface area (Å²) >= 11 is 0. The van der Waals surface area contributed by atoms with Gasteiger partial charge in [0.1, 0.15) is 5.75 Å². The Morgan fingerprint density at radius 2 is 1.89 bits per heavy atom. The van der Waals surface area contributed by atoms with Crippen molar-refractivity contribution in [3.05, 3.63) is 46.8 Å². The van der Waals surface area contributed by atoms with Gasteiger partial charge in [0.2, 0.25) is 0 Å². The molecule has 0 unspecified atom stereocenters. The zero-order valence-corrected chi connectivity index (χ0v) is 9.92. The smallest absolute Gasteiger partial charge is 0.179 e. The number of benzene rings is 2. The SMILES string of the molecule is O=C1C=c2cc(O)c3cc4ccccc4nc3c2=C1. The molecule has 0 aliphatic heterocycles. The van der Waals surface area contributed by atoms with Gasteiger partial charge in [0.25, 0.3) is 0 Å². The zero-order chi connectivity index (χ0) is 13.0. The van der Waals surface area contributed by atoms with Crippen LogP contribution in [0.15, 0.2) is 36.4 Å². The number of Topliss-reactive ketones (excluding diaryl/α,β-unsaturated/α-hetero) is 1. The number of aromatic nitrogens is 1. The van der Waals surface area contributed by atoms with Crippen molar-refractivity contribution in [1.82, 2.24) is 4.98 Å². The number of rotatable bonds is 0. The lowest BCUT2D eigenvalue weighted by Gasteiger charge is -2.04. The van der Waals surface area contributed by atoms with Gasteiger partial charge in [-0.25, -0.2) is 4.98 Å². The number of phenolic OH excluding ortho intramolecular Hbond substituents is 1. The van der Waals surface area contributed by atoms with Crippen molar-refractivity contribution in [2.24, 2.45) is 0 Å². The topological polar surface area (TPSA) is 50.2 Å². The minimum Gasteiger partial charge on any atom is -0.507 e. The first-order valence-corrected chi connectivity index (χ1v) is 6.01. The lowest BCUT2D eigenvalue weighted by atomic mass is 10.1. The first kappa shape index (κ1) is 10.3. The molecule has 19 heavy (non-hydrogen) atoms. The molecule has 1 aliphatic rings. The van der Waals surface area contributed by atoms with E-state index in [9.17, 15) is 9.90 Å². The van der Waals surface area contributed by atoms with E-state index in [4.69, 9.17) is 0 Å².